The van der Waals surface area contributed by atoms with Crippen molar-refractivity contribution >= 4 is 16.9 Å². The first-order valence-corrected chi connectivity index (χ1v) is 9.50. The zero-order valence-corrected chi connectivity index (χ0v) is 17.0. The largest absolute Gasteiger partial charge is 0.467 e. The maximum absolute atomic E-state index is 12.7. The Bertz CT molecular complexity index is 1260. The minimum atomic E-state index is -0.514. The summed E-state index contributed by atoms with van der Waals surface area (Å²) in [4.78, 5) is 24.7. The normalized spacial score (nSPS) is 11.0. The number of esters is 1. The van der Waals surface area contributed by atoms with Gasteiger partial charge in [0.25, 0.3) is 0 Å². The number of benzene rings is 3. The van der Waals surface area contributed by atoms with E-state index in [-0.39, 0.29) is 19.0 Å². The summed E-state index contributed by atoms with van der Waals surface area (Å²) in [6.07, 6.45) is 0. The molecule has 31 heavy (non-hydrogen) atoms. The van der Waals surface area contributed by atoms with Crippen molar-refractivity contribution in [2.45, 2.75) is 0 Å². The summed E-state index contributed by atoms with van der Waals surface area (Å²) in [5.74, 6) is 0.438. The summed E-state index contributed by atoms with van der Waals surface area (Å²) < 4.78 is 26.5. The van der Waals surface area contributed by atoms with E-state index < -0.39 is 5.97 Å². The smallest absolute Gasteiger partial charge is 0.340 e. The third-order valence-corrected chi connectivity index (χ3v) is 4.73. The molecule has 7 heteroatoms. The van der Waals surface area contributed by atoms with Crippen LogP contribution in [0.4, 0.5) is 0 Å². The summed E-state index contributed by atoms with van der Waals surface area (Å²) in [5.41, 5.74) is 2.80. The third kappa shape index (κ3) is 4.14. The molecule has 1 aliphatic carbocycles. The van der Waals surface area contributed by atoms with Crippen LogP contribution in [-0.4, -0.2) is 33.8 Å². The van der Waals surface area contributed by atoms with Crippen LogP contribution < -0.4 is 10.2 Å². The summed E-state index contributed by atoms with van der Waals surface area (Å²) in [7, 11) is 2.98. The Morgan fingerprint density at radius 3 is 2.52 bits per heavy atom. The highest BCUT2D eigenvalue weighted by Crippen LogP contribution is 2.42. The Balaban J connectivity index is 1.99. The Kier molecular flexibility index (Phi) is 5.97. The second kappa shape index (κ2) is 8.99. The molecule has 158 valence electrons. The van der Waals surface area contributed by atoms with Crippen molar-refractivity contribution in [3.8, 4) is 28.2 Å². The van der Waals surface area contributed by atoms with E-state index in [9.17, 15) is 9.59 Å². The molecule has 1 heterocycles. The number of rotatable bonds is 7. The van der Waals surface area contributed by atoms with Crippen LogP contribution in [-0.2, 0) is 14.2 Å². The molecule has 0 saturated carbocycles. The first-order valence-electron chi connectivity index (χ1n) is 9.50. The van der Waals surface area contributed by atoms with Gasteiger partial charge in [-0.1, -0.05) is 18.2 Å². The lowest BCUT2D eigenvalue weighted by molar-refractivity contribution is -0.0124. The zero-order valence-electron chi connectivity index (χ0n) is 17.0. The van der Waals surface area contributed by atoms with Crippen LogP contribution >= 0.6 is 0 Å². The molecule has 4 rings (SSSR count). The molecule has 0 saturated heterocycles. The molecular formula is C24H20O7. The van der Waals surface area contributed by atoms with Gasteiger partial charge in [0.2, 0.25) is 0 Å². The summed E-state index contributed by atoms with van der Waals surface area (Å²) in [6, 6.07) is 17.1. The maximum Gasteiger partial charge on any atom is 0.340 e. The maximum atomic E-state index is 12.7. The van der Waals surface area contributed by atoms with Crippen molar-refractivity contribution in [2.24, 2.45) is 0 Å². The molecule has 0 aromatic heterocycles. The predicted octanol–water partition coefficient (Wildman–Crippen LogP) is 4.31. The van der Waals surface area contributed by atoms with Gasteiger partial charge in [0, 0.05) is 42.9 Å². The van der Waals surface area contributed by atoms with Gasteiger partial charge >= 0.3 is 5.97 Å². The standard InChI is InChI=1S/C24H20O7/c1-27-13-29-16-8-10-20-22(12-16)31-21-11-15(25)7-9-19(21)23(20)17-5-3-4-6-18(17)24(26)30-14-28-2/h3-12H,13-14H2,1-2H3. The van der Waals surface area contributed by atoms with E-state index in [1.807, 2.05) is 18.2 Å². The van der Waals surface area contributed by atoms with E-state index in [4.69, 9.17) is 23.4 Å². The highest BCUT2D eigenvalue weighted by Gasteiger charge is 2.22. The lowest BCUT2D eigenvalue weighted by Crippen LogP contribution is -2.09. The van der Waals surface area contributed by atoms with Crippen LogP contribution in [0.2, 0.25) is 0 Å². The van der Waals surface area contributed by atoms with E-state index in [0.29, 0.717) is 33.8 Å². The quantitative estimate of drug-likeness (QED) is 0.250. The number of hydrogen-bond acceptors (Lipinski definition) is 7. The molecule has 0 spiro atoms. The summed E-state index contributed by atoms with van der Waals surface area (Å²) >= 11 is 0. The van der Waals surface area contributed by atoms with Gasteiger partial charge < -0.3 is 23.4 Å². The van der Waals surface area contributed by atoms with E-state index in [1.165, 1.54) is 26.4 Å². The van der Waals surface area contributed by atoms with Crippen molar-refractivity contribution in [2.75, 3.05) is 27.8 Å². The SMILES string of the molecule is COCOC(=O)c1ccccc1-c1c2ccc(=O)cc-2oc2cc(OCOC)ccc12. The average molecular weight is 420 g/mol. The number of ether oxygens (including phenoxy) is 4. The summed E-state index contributed by atoms with van der Waals surface area (Å²) in [5, 5.41) is 0.753. The predicted molar refractivity (Wildman–Crippen MR) is 114 cm³/mol. The second-order valence-electron chi connectivity index (χ2n) is 6.73. The van der Waals surface area contributed by atoms with Crippen molar-refractivity contribution < 1.29 is 28.2 Å². The number of fused-ring (bicyclic) bond motifs is 2. The van der Waals surface area contributed by atoms with Gasteiger partial charge in [-0.05, 0) is 35.9 Å². The van der Waals surface area contributed by atoms with Crippen molar-refractivity contribution in [1.82, 2.24) is 0 Å². The summed E-state index contributed by atoms with van der Waals surface area (Å²) in [6.45, 7) is -0.0661. The Labute approximate surface area is 178 Å². The first kappa shape index (κ1) is 20.6. The van der Waals surface area contributed by atoms with E-state index >= 15 is 0 Å². The lowest BCUT2D eigenvalue weighted by Gasteiger charge is -2.17. The second-order valence-corrected chi connectivity index (χ2v) is 6.73. The van der Waals surface area contributed by atoms with Crippen LogP contribution in [0.25, 0.3) is 33.4 Å². The Morgan fingerprint density at radius 1 is 0.903 bits per heavy atom. The highest BCUT2D eigenvalue weighted by atomic mass is 16.7. The fraction of sp³-hybridized carbons (Fsp3) is 0.167. The van der Waals surface area contributed by atoms with Crippen molar-refractivity contribution in [3.63, 3.8) is 0 Å². The van der Waals surface area contributed by atoms with Crippen molar-refractivity contribution in [3.05, 3.63) is 76.5 Å². The van der Waals surface area contributed by atoms with Crippen LogP contribution in [0.3, 0.4) is 0 Å². The molecule has 0 bridgehead atoms. The number of hydrogen-bond donors (Lipinski definition) is 0. The minimum absolute atomic E-state index is 0.0881. The molecule has 2 aromatic rings. The minimum Gasteiger partial charge on any atom is -0.467 e. The monoisotopic (exact) mass is 420 g/mol. The molecule has 0 atom stereocenters. The molecule has 1 aliphatic heterocycles. The van der Waals surface area contributed by atoms with Crippen LogP contribution in [0.5, 0.6) is 5.75 Å². The highest BCUT2D eigenvalue weighted by molar-refractivity contribution is 6.07. The Morgan fingerprint density at radius 2 is 1.71 bits per heavy atom. The van der Waals surface area contributed by atoms with Crippen molar-refractivity contribution in [1.29, 1.82) is 0 Å². The molecule has 0 N–H and O–H groups in total. The average Bonchev–Trinajstić information content (AvgIpc) is 2.79. The molecule has 0 fully saturated rings. The van der Waals surface area contributed by atoms with E-state index in [0.717, 1.165) is 10.9 Å². The molecule has 7 nitrogen and oxygen atoms in total. The van der Waals surface area contributed by atoms with Crippen LogP contribution in [0, 0.1) is 0 Å². The van der Waals surface area contributed by atoms with Gasteiger partial charge in [-0.3, -0.25) is 4.79 Å². The topological polar surface area (TPSA) is 84.2 Å². The molecule has 2 aliphatic rings. The van der Waals surface area contributed by atoms with Gasteiger partial charge in [-0.2, -0.15) is 0 Å². The van der Waals surface area contributed by atoms with E-state index in [2.05, 4.69) is 0 Å². The first-order chi connectivity index (χ1) is 15.1. The molecule has 0 radical (unpaired) electrons. The number of carbonyl (C=O) groups is 1. The molecular weight excluding hydrogens is 400 g/mol. The van der Waals surface area contributed by atoms with Gasteiger partial charge in [-0.15, -0.1) is 0 Å². The fourth-order valence-electron chi connectivity index (χ4n) is 3.43. The van der Waals surface area contributed by atoms with Gasteiger partial charge in [0.15, 0.2) is 19.0 Å². The lowest BCUT2D eigenvalue weighted by atomic mass is 9.91. The molecule has 2 aromatic carbocycles. The third-order valence-electron chi connectivity index (χ3n) is 4.73. The van der Waals surface area contributed by atoms with Gasteiger partial charge in [-0.25, -0.2) is 4.79 Å². The van der Waals surface area contributed by atoms with Gasteiger partial charge in [0.1, 0.15) is 17.1 Å². The van der Waals surface area contributed by atoms with E-state index in [1.54, 1.807) is 30.3 Å². The molecule has 0 unspecified atom stereocenters. The zero-order chi connectivity index (χ0) is 21.8. The number of carbonyl (C=O) groups excluding carboxylic acids is 1. The number of methoxy groups -OCH3 is 2. The van der Waals surface area contributed by atoms with Crippen LogP contribution in [0.15, 0.2) is 69.9 Å². The van der Waals surface area contributed by atoms with Gasteiger partial charge in [0.05, 0.1) is 5.56 Å². The fourth-order valence-corrected chi connectivity index (χ4v) is 3.43. The molecule has 0 amide bonds. The van der Waals surface area contributed by atoms with Crippen LogP contribution in [0.1, 0.15) is 10.4 Å². The Hall–Kier alpha value is -3.68.